The van der Waals surface area contributed by atoms with Crippen LogP contribution in [0.1, 0.15) is 16.9 Å². The van der Waals surface area contributed by atoms with E-state index in [1.807, 2.05) is 0 Å². The average molecular weight is 311 g/mol. The minimum absolute atomic E-state index is 0. The van der Waals surface area contributed by atoms with Gasteiger partial charge in [-0.15, -0.1) is 12.4 Å². The van der Waals surface area contributed by atoms with E-state index in [1.165, 1.54) is 10.7 Å². The molecule has 1 saturated heterocycles. The molecule has 0 saturated carbocycles. The number of para-hydroxylation sites is 1. The highest BCUT2D eigenvalue weighted by molar-refractivity contribution is 5.92. The first kappa shape index (κ1) is 15.5. The highest BCUT2D eigenvalue weighted by Gasteiger charge is 2.26. The molecular weight excluding hydrogens is 295 g/mol. The third kappa shape index (κ3) is 3.06. The number of likely N-dealkylation sites (tertiary alicyclic amines) is 1. The first-order valence-electron chi connectivity index (χ1n) is 6.50. The summed E-state index contributed by atoms with van der Waals surface area (Å²) in [6.07, 6.45) is 2.39. The molecule has 1 aromatic carbocycles. The molecule has 2 N–H and O–H groups in total. The summed E-state index contributed by atoms with van der Waals surface area (Å²) in [5, 5.41) is 4.16. The van der Waals surface area contributed by atoms with Crippen molar-refractivity contribution in [3.05, 3.63) is 48.0 Å². The first-order valence-corrected chi connectivity index (χ1v) is 6.50. The summed E-state index contributed by atoms with van der Waals surface area (Å²) in [6.45, 7) is 1.19. The van der Waals surface area contributed by atoms with E-state index in [0.29, 0.717) is 24.5 Å². The van der Waals surface area contributed by atoms with Gasteiger partial charge in [-0.3, -0.25) is 4.79 Å². The predicted molar refractivity (Wildman–Crippen MR) is 79.3 cm³/mol. The summed E-state index contributed by atoms with van der Waals surface area (Å²) in [7, 11) is 0. The lowest BCUT2D eigenvalue weighted by Gasteiger charge is -2.13. The van der Waals surface area contributed by atoms with Crippen LogP contribution in [0.5, 0.6) is 0 Å². The molecule has 1 aliphatic rings. The lowest BCUT2D eigenvalue weighted by atomic mass is 10.3. The third-order valence-corrected chi connectivity index (χ3v) is 3.42. The summed E-state index contributed by atoms with van der Waals surface area (Å²) in [5.41, 5.74) is 6.42. The highest BCUT2D eigenvalue weighted by Crippen LogP contribution is 2.15. The van der Waals surface area contributed by atoms with Crippen LogP contribution in [-0.2, 0) is 0 Å². The molecule has 1 aliphatic heterocycles. The maximum Gasteiger partial charge on any atom is 0.274 e. The zero-order chi connectivity index (χ0) is 14.1. The van der Waals surface area contributed by atoms with Gasteiger partial charge in [0.1, 0.15) is 11.5 Å². The maximum absolute atomic E-state index is 13.7. The number of nitrogens with zero attached hydrogens (tertiary/aromatic N) is 3. The van der Waals surface area contributed by atoms with Crippen LogP contribution in [0.2, 0.25) is 0 Å². The molecular formula is C14H16ClFN4O. The Balaban J connectivity index is 0.00000161. The van der Waals surface area contributed by atoms with Crippen LogP contribution in [0.3, 0.4) is 0 Å². The van der Waals surface area contributed by atoms with Gasteiger partial charge in [0.25, 0.3) is 5.91 Å². The monoisotopic (exact) mass is 310 g/mol. The average Bonchev–Trinajstić information content (AvgIpc) is 3.07. The molecule has 3 rings (SSSR count). The third-order valence-electron chi connectivity index (χ3n) is 3.42. The van der Waals surface area contributed by atoms with Gasteiger partial charge in [0.2, 0.25) is 0 Å². The number of hydrogen-bond acceptors (Lipinski definition) is 3. The second kappa shape index (κ2) is 6.24. The molecule has 0 spiro atoms. The molecule has 0 aliphatic carbocycles. The summed E-state index contributed by atoms with van der Waals surface area (Å²) < 4.78 is 15.0. The minimum Gasteiger partial charge on any atom is -0.336 e. The van der Waals surface area contributed by atoms with Gasteiger partial charge >= 0.3 is 0 Å². The molecule has 1 fully saturated rings. The van der Waals surface area contributed by atoms with Crippen molar-refractivity contribution >= 4 is 18.3 Å². The number of hydrogen-bond donors (Lipinski definition) is 1. The molecule has 5 nitrogen and oxygen atoms in total. The van der Waals surface area contributed by atoms with E-state index < -0.39 is 0 Å². The number of nitrogens with two attached hydrogens (primary N) is 1. The minimum atomic E-state index is -0.377. The molecule has 2 aromatic rings. The molecule has 112 valence electrons. The molecule has 0 unspecified atom stereocenters. The Morgan fingerprint density at radius 3 is 2.76 bits per heavy atom. The van der Waals surface area contributed by atoms with Gasteiger partial charge in [0.15, 0.2) is 5.69 Å². The van der Waals surface area contributed by atoms with E-state index in [4.69, 9.17) is 5.73 Å². The van der Waals surface area contributed by atoms with Crippen LogP contribution in [-0.4, -0.2) is 39.7 Å². The first-order chi connectivity index (χ1) is 9.65. The topological polar surface area (TPSA) is 64.2 Å². The van der Waals surface area contributed by atoms with Gasteiger partial charge in [-0.2, -0.15) is 5.10 Å². The van der Waals surface area contributed by atoms with Crippen molar-refractivity contribution < 1.29 is 9.18 Å². The molecule has 1 amide bonds. The Bertz CT molecular complexity index is 645. The second-order valence-electron chi connectivity index (χ2n) is 4.90. The van der Waals surface area contributed by atoms with E-state index in [2.05, 4.69) is 5.10 Å². The largest absolute Gasteiger partial charge is 0.336 e. The van der Waals surface area contributed by atoms with E-state index >= 15 is 0 Å². The standard InChI is InChI=1S/C14H15FN4O.ClH/c15-11-3-1-2-4-13(11)19-8-6-12(17-19)14(20)18-7-5-10(16)9-18;/h1-4,6,8,10H,5,7,9,16H2;1H/t10-;/m1./s1. The van der Waals surface area contributed by atoms with Gasteiger partial charge in [0, 0.05) is 25.3 Å². The Labute approximate surface area is 127 Å². The summed E-state index contributed by atoms with van der Waals surface area (Å²) in [5.74, 6) is -0.536. The van der Waals surface area contributed by atoms with Gasteiger partial charge in [-0.25, -0.2) is 9.07 Å². The van der Waals surface area contributed by atoms with Crippen molar-refractivity contribution in [3.8, 4) is 5.69 Å². The van der Waals surface area contributed by atoms with Gasteiger partial charge in [-0.1, -0.05) is 12.1 Å². The summed E-state index contributed by atoms with van der Waals surface area (Å²) in [4.78, 5) is 13.9. The second-order valence-corrected chi connectivity index (χ2v) is 4.90. The van der Waals surface area contributed by atoms with Crippen molar-refractivity contribution in [1.29, 1.82) is 0 Å². The SMILES string of the molecule is Cl.N[C@@H]1CCN(C(=O)c2ccn(-c3ccccc3F)n2)C1. The molecule has 0 bridgehead atoms. The fourth-order valence-corrected chi connectivity index (χ4v) is 2.34. The predicted octanol–water partition coefficient (Wildman–Crippen LogP) is 1.61. The van der Waals surface area contributed by atoms with E-state index in [0.717, 1.165) is 6.42 Å². The number of rotatable bonds is 2. The molecule has 1 atom stereocenters. The van der Waals surface area contributed by atoms with Crippen molar-refractivity contribution in [2.24, 2.45) is 5.73 Å². The lowest BCUT2D eigenvalue weighted by molar-refractivity contribution is 0.0784. The fourth-order valence-electron chi connectivity index (χ4n) is 2.34. The van der Waals surface area contributed by atoms with Crippen LogP contribution in [0.4, 0.5) is 4.39 Å². The van der Waals surface area contributed by atoms with Crippen molar-refractivity contribution in [2.45, 2.75) is 12.5 Å². The number of carbonyl (C=O) groups is 1. The van der Waals surface area contributed by atoms with E-state index in [9.17, 15) is 9.18 Å². The number of aromatic nitrogens is 2. The van der Waals surface area contributed by atoms with E-state index in [-0.39, 0.29) is 30.2 Å². The molecule has 0 radical (unpaired) electrons. The lowest BCUT2D eigenvalue weighted by Crippen LogP contribution is -2.32. The number of carbonyl (C=O) groups excluding carboxylic acids is 1. The zero-order valence-electron chi connectivity index (χ0n) is 11.3. The number of halogens is 2. The van der Waals surface area contributed by atoms with Crippen molar-refractivity contribution in [2.75, 3.05) is 13.1 Å². The van der Waals surface area contributed by atoms with Gasteiger partial charge in [-0.05, 0) is 24.6 Å². The Morgan fingerprint density at radius 2 is 2.10 bits per heavy atom. The van der Waals surface area contributed by atoms with Crippen LogP contribution in [0.15, 0.2) is 36.5 Å². The van der Waals surface area contributed by atoms with Crippen LogP contribution in [0.25, 0.3) is 5.69 Å². The summed E-state index contributed by atoms with van der Waals surface area (Å²) in [6, 6.07) is 7.94. The summed E-state index contributed by atoms with van der Waals surface area (Å²) >= 11 is 0. The molecule has 21 heavy (non-hydrogen) atoms. The number of amides is 1. The fraction of sp³-hybridized carbons (Fsp3) is 0.286. The van der Waals surface area contributed by atoms with Crippen LogP contribution < -0.4 is 5.73 Å². The Hall–Kier alpha value is -1.92. The Kier molecular flexibility index (Phi) is 4.59. The number of benzene rings is 1. The van der Waals surface area contributed by atoms with Gasteiger partial charge < -0.3 is 10.6 Å². The normalized spacial score (nSPS) is 17.6. The molecule has 1 aromatic heterocycles. The molecule has 7 heteroatoms. The van der Waals surface area contributed by atoms with Crippen molar-refractivity contribution in [3.63, 3.8) is 0 Å². The van der Waals surface area contributed by atoms with Crippen LogP contribution >= 0.6 is 12.4 Å². The quantitative estimate of drug-likeness (QED) is 0.916. The van der Waals surface area contributed by atoms with Crippen LogP contribution in [0, 0.1) is 5.82 Å². The Morgan fingerprint density at radius 1 is 1.33 bits per heavy atom. The molecule has 2 heterocycles. The maximum atomic E-state index is 13.7. The van der Waals surface area contributed by atoms with Gasteiger partial charge in [0.05, 0.1) is 0 Å². The van der Waals surface area contributed by atoms with E-state index in [1.54, 1.807) is 35.4 Å². The smallest absolute Gasteiger partial charge is 0.274 e. The highest BCUT2D eigenvalue weighted by atomic mass is 35.5. The zero-order valence-corrected chi connectivity index (χ0v) is 12.1. The van der Waals surface area contributed by atoms with Crippen molar-refractivity contribution in [1.82, 2.24) is 14.7 Å².